The predicted octanol–water partition coefficient (Wildman–Crippen LogP) is 1.26. The van der Waals surface area contributed by atoms with Gasteiger partial charge in [-0.1, -0.05) is 0 Å². The molecule has 0 spiro atoms. The lowest BCUT2D eigenvalue weighted by Gasteiger charge is -2.28. The summed E-state index contributed by atoms with van der Waals surface area (Å²) in [5, 5.41) is 11.3. The van der Waals surface area contributed by atoms with E-state index in [1.54, 1.807) is 19.6 Å². The highest BCUT2D eigenvalue weighted by molar-refractivity contribution is 7.13. The zero-order valence-electron chi connectivity index (χ0n) is 11.5. The summed E-state index contributed by atoms with van der Waals surface area (Å²) in [5.74, 6) is -0.870. The maximum absolute atomic E-state index is 10.7. The number of ether oxygens (including phenoxy) is 2. The molecular formula is C12H20N2O4S. The fourth-order valence-corrected chi connectivity index (χ4v) is 2.64. The average molecular weight is 288 g/mol. The summed E-state index contributed by atoms with van der Waals surface area (Å²) in [6, 6.07) is 0.156. The highest BCUT2D eigenvalue weighted by Crippen LogP contribution is 2.23. The first kappa shape index (κ1) is 15.9. The molecule has 0 aliphatic carbocycles. The summed E-state index contributed by atoms with van der Waals surface area (Å²) in [6.45, 7) is 3.90. The molecule has 1 N–H and O–H groups in total. The Morgan fingerprint density at radius 1 is 1.53 bits per heavy atom. The molecule has 19 heavy (non-hydrogen) atoms. The molecular weight excluding hydrogens is 268 g/mol. The van der Waals surface area contributed by atoms with Crippen LogP contribution < -0.4 is 4.90 Å². The van der Waals surface area contributed by atoms with E-state index in [0.717, 1.165) is 5.13 Å². The molecule has 7 heteroatoms. The zero-order chi connectivity index (χ0) is 14.3. The number of carbonyl (C=O) groups is 1. The molecule has 1 rings (SSSR count). The minimum Gasteiger partial charge on any atom is -0.481 e. The quantitative estimate of drug-likeness (QED) is 0.737. The first-order valence-electron chi connectivity index (χ1n) is 5.99. The Kier molecular flexibility index (Phi) is 6.75. The molecule has 0 aliphatic heterocycles. The minimum atomic E-state index is -0.870. The molecule has 1 aromatic rings. The van der Waals surface area contributed by atoms with Crippen molar-refractivity contribution in [2.24, 2.45) is 0 Å². The van der Waals surface area contributed by atoms with Crippen LogP contribution in [-0.2, 0) is 20.7 Å². The van der Waals surface area contributed by atoms with Crippen molar-refractivity contribution in [3.05, 3.63) is 11.1 Å². The van der Waals surface area contributed by atoms with Gasteiger partial charge in [-0.05, 0) is 6.92 Å². The third-order valence-electron chi connectivity index (χ3n) is 2.59. The molecule has 0 aliphatic rings. The molecule has 0 saturated heterocycles. The van der Waals surface area contributed by atoms with Gasteiger partial charge in [0.2, 0.25) is 0 Å². The summed E-state index contributed by atoms with van der Waals surface area (Å²) in [5.41, 5.74) is 0.583. The number of carboxylic acid groups (broad SMARTS) is 1. The third-order valence-corrected chi connectivity index (χ3v) is 3.52. The van der Waals surface area contributed by atoms with Crippen molar-refractivity contribution in [3.8, 4) is 0 Å². The van der Waals surface area contributed by atoms with E-state index in [9.17, 15) is 4.79 Å². The molecule has 0 radical (unpaired) electrons. The molecule has 0 saturated carbocycles. The first-order chi connectivity index (χ1) is 9.08. The van der Waals surface area contributed by atoms with Crippen LogP contribution >= 0.6 is 11.3 Å². The monoisotopic (exact) mass is 288 g/mol. The van der Waals surface area contributed by atoms with Gasteiger partial charge in [-0.2, -0.15) is 0 Å². The second-order valence-corrected chi connectivity index (χ2v) is 5.02. The number of rotatable bonds is 9. The van der Waals surface area contributed by atoms with Gasteiger partial charge in [-0.3, -0.25) is 4.79 Å². The van der Waals surface area contributed by atoms with Crippen molar-refractivity contribution < 1.29 is 19.4 Å². The standard InChI is InChI=1S/C12H20N2O4S/c1-9(7-18-3)14(4-5-17-2)12-13-10(8-19-12)6-11(15)16/h8-9H,4-7H2,1-3H3,(H,15,16). The van der Waals surface area contributed by atoms with E-state index in [0.29, 0.717) is 25.5 Å². The van der Waals surface area contributed by atoms with Crippen LogP contribution in [0.5, 0.6) is 0 Å². The van der Waals surface area contributed by atoms with E-state index in [2.05, 4.69) is 9.88 Å². The number of hydrogen-bond donors (Lipinski definition) is 1. The van der Waals surface area contributed by atoms with E-state index >= 15 is 0 Å². The third kappa shape index (κ3) is 5.14. The Balaban J connectivity index is 2.77. The van der Waals surface area contributed by atoms with E-state index in [1.165, 1.54) is 11.3 Å². The van der Waals surface area contributed by atoms with E-state index in [4.69, 9.17) is 14.6 Å². The van der Waals surface area contributed by atoms with Gasteiger partial charge in [0, 0.05) is 26.1 Å². The Morgan fingerprint density at radius 3 is 2.84 bits per heavy atom. The van der Waals surface area contributed by atoms with Crippen LogP contribution in [0.15, 0.2) is 5.38 Å². The van der Waals surface area contributed by atoms with Gasteiger partial charge < -0.3 is 19.5 Å². The smallest absolute Gasteiger partial charge is 0.309 e. The van der Waals surface area contributed by atoms with Crippen LogP contribution in [0, 0.1) is 0 Å². The number of thiazole rings is 1. The fourth-order valence-electron chi connectivity index (χ4n) is 1.69. The SMILES string of the molecule is COCCN(c1nc(CC(=O)O)cs1)C(C)COC. The number of hydrogen-bond acceptors (Lipinski definition) is 6. The largest absolute Gasteiger partial charge is 0.481 e. The lowest BCUT2D eigenvalue weighted by atomic mass is 10.3. The summed E-state index contributed by atoms with van der Waals surface area (Å²) in [7, 11) is 3.31. The summed E-state index contributed by atoms with van der Waals surface area (Å²) in [6.07, 6.45) is -0.0483. The van der Waals surface area contributed by atoms with Gasteiger partial charge in [0.05, 0.1) is 31.4 Å². The van der Waals surface area contributed by atoms with Crippen LogP contribution in [0.4, 0.5) is 5.13 Å². The summed E-state index contributed by atoms with van der Waals surface area (Å²) >= 11 is 1.44. The normalized spacial score (nSPS) is 12.4. The second-order valence-electron chi connectivity index (χ2n) is 4.18. The molecule has 6 nitrogen and oxygen atoms in total. The summed E-state index contributed by atoms with van der Waals surface area (Å²) in [4.78, 5) is 17.1. The lowest BCUT2D eigenvalue weighted by molar-refractivity contribution is -0.136. The van der Waals surface area contributed by atoms with Crippen molar-refractivity contribution in [1.29, 1.82) is 0 Å². The number of anilines is 1. The molecule has 0 fully saturated rings. The minimum absolute atomic E-state index is 0.0483. The van der Waals surface area contributed by atoms with Gasteiger partial charge in [0.15, 0.2) is 5.13 Å². The maximum Gasteiger partial charge on any atom is 0.309 e. The highest BCUT2D eigenvalue weighted by atomic mass is 32.1. The van der Waals surface area contributed by atoms with Crippen LogP contribution in [0.2, 0.25) is 0 Å². The van der Waals surface area contributed by atoms with Crippen molar-refractivity contribution in [1.82, 2.24) is 4.98 Å². The molecule has 0 aromatic carbocycles. The van der Waals surface area contributed by atoms with Gasteiger partial charge in [0.1, 0.15) is 0 Å². The van der Waals surface area contributed by atoms with Crippen molar-refractivity contribution >= 4 is 22.4 Å². The zero-order valence-corrected chi connectivity index (χ0v) is 12.3. The van der Waals surface area contributed by atoms with Crippen LogP contribution in [0.1, 0.15) is 12.6 Å². The fraction of sp³-hybridized carbons (Fsp3) is 0.667. The maximum atomic E-state index is 10.7. The van der Waals surface area contributed by atoms with Crippen LogP contribution in [-0.4, -0.2) is 56.1 Å². The Labute approximate surface area is 117 Å². The number of aliphatic carboxylic acids is 1. The van der Waals surface area contributed by atoms with Crippen LogP contribution in [0.25, 0.3) is 0 Å². The molecule has 1 unspecified atom stereocenters. The Hall–Kier alpha value is -1.18. The van der Waals surface area contributed by atoms with E-state index < -0.39 is 5.97 Å². The molecule has 0 amide bonds. The number of aromatic nitrogens is 1. The first-order valence-corrected chi connectivity index (χ1v) is 6.87. The van der Waals surface area contributed by atoms with Crippen LogP contribution in [0.3, 0.4) is 0 Å². The molecule has 1 heterocycles. The van der Waals surface area contributed by atoms with Gasteiger partial charge in [-0.25, -0.2) is 4.98 Å². The highest BCUT2D eigenvalue weighted by Gasteiger charge is 2.18. The van der Waals surface area contributed by atoms with Crippen molar-refractivity contribution in [2.45, 2.75) is 19.4 Å². The molecule has 0 bridgehead atoms. The van der Waals surface area contributed by atoms with Crippen molar-refractivity contribution in [3.63, 3.8) is 0 Å². The number of nitrogens with zero attached hydrogens (tertiary/aromatic N) is 2. The topological polar surface area (TPSA) is 71.9 Å². The predicted molar refractivity (Wildman–Crippen MR) is 74.0 cm³/mol. The summed E-state index contributed by atoms with van der Waals surface area (Å²) < 4.78 is 10.3. The Bertz CT molecular complexity index is 397. The van der Waals surface area contributed by atoms with Gasteiger partial charge in [0.25, 0.3) is 0 Å². The Morgan fingerprint density at radius 2 is 2.26 bits per heavy atom. The van der Waals surface area contributed by atoms with Gasteiger partial charge >= 0.3 is 5.97 Å². The molecule has 108 valence electrons. The molecule has 1 atom stereocenters. The lowest BCUT2D eigenvalue weighted by Crippen LogP contribution is -2.38. The van der Waals surface area contributed by atoms with Crippen molar-refractivity contribution in [2.75, 3.05) is 38.9 Å². The van der Waals surface area contributed by atoms with Gasteiger partial charge in [-0.15, -0.1) is 11.3 Å². The van der Waals surface area contributed by atoms with E-state index in [-0.39, 0.29) is 12.5 Å². The average Bonchev–Trinajstić information content (AvgIpc) is 2.77. The number of methoxy groups -OCH3 is 2. The second kappa shape index (κ2) is 8.08. The number of carboxylic acids is 1. The van der Waals surface area contributed by atoms with E-state index in [1.807, 2.05) is 6.92 Å². The molecule has 1 aromatic heterocycles.